The van der Waals surface area contributed by atoms with Crippen LogP contribution >= 0.6 is 0 Å². The molecule has 8 atom stereocenters. The van der Waals surface area contributed by atoms with Gasteiger partial charge in [0.25, 0.3) is 0 Å². The van der Waals surface area contributed by atoms with E-state index in [1.54, 1.807) is 0 Å². The Hall–Kier alpha value is -0.180. The molecule has 154 valence electrons. The molecule has 2 nitrogen and oxygen atoms in total. The van der Waals surface area contributed by atoms with Crippen LogP contribution in [0.25, 0.3) is 0 Å². The van der Waals surface area contributed by atoms with Gasteiger partial charge in [0.05, 0.1) is 5.75 Å². The fourth-order valence-electron chi connectivity index (χ4n) is 8.38. The van der Waals surface area contributed by atoms with Gasteiger partial charge in [-0.3, -0.25) is 9.00 Å². The molecule has 0 saturated heterocycles. The van der Waals surface area contributed by atoms with Crippen LogP contribution in [0.1, 0.15) is 91.4 Å². The van der Waals surface area contributed by atoms with Crippen LogP contribution in [0.5, 0.6) is 0 Å². The third-order valence-electron chi connectivity index (χ3n) is 9.71. The molecule has 3 heteroatoms. The van der Waals surface area contributed by atoms with Crippen molar-refractivity contribution in [2.75, 3.05) is 11.5 Å². The van der Waals surface area contributed by atoms with Crippen LogP contribution in [-0.4, -0.2) is 21.5 Å². The molecule has 4 aliphatic carbocycles. The predicted molar refractivity (Wildman–Crippen MR) is 113 cm³/mol. The van der Waals surface area contributed by atoms with Gasteiger partial charge in [-0.25, -0.2) is 0 Å². The fourth-order valence-corrected chi connectivity index (χ4v) is 9.50. The van der Waals surface area contributed by atoms with Crippen molar-refractivity contribution >= 4 is 16.6 Å². The summed E-state index contributed by atoms with van der Waals surface area (Å²) >= 11 is 0. The van der Waals surface area contributed by atoms with Crippen molar-refractivity contribution in [1.82, 2.24) is 0 Å². The Balaban J connectivity index is 1.51. The highest BCUT2D eigenvalue weighted by Crippen LogP contribution is 2.67. The van der Waals surface area contributed by atoms with Crippen LogP contribution in [0, 0.1) is 40.4 Å². The zero-order valence-corrected chi connectivity index (χ0v) is 18.6. The standard InChI is InChI=1S/C24H40O2S/c1-4-15-27(26)16-22(25)21-11-10-19-18-9-8-17-7-5-6-13-23(17,2)20(18)12-14-24(19,21)3/h17-21H,4-16H2,1-3H3/t17-,18-,19-,20-,21+,23-,24-,27?/m0/s1. The number of rotatable bonds is 5. The molecule has 0 radical (unpaired) electrons. The third kappa shape index (κ3) is 3.28. The van der Waals surface area contributed by atoms with E-state index in [0.717, 1.165) is 36.5 Å². The second-order valence-corrected chi connectivity index (χ2v) is 12.4. The van der Waals surface area contributed by atoms with Crippen molar-refractivity contribution in [2.24, 2.45) is 40.4 Å². The van der Waals surface area contributed by atoms with Gasteiger partial charge in [-0.1, -0.05) is 33.6 Å². The lowest BCUT2D eigenvalue weighted by atomic mass is 9.45. The summed E-state index contributed by atoms with van der Waals surface area (Å²) < 4.78 is 12.2. The largest absolute Gasteiger partial charge is 0.298 e. The number of carbonyl (C=O) groups is 1. The maximum Gasteiger partial charge on any atom is 0.148 e. The first-order valence-electron chi connectivity index (χ1n) is 11.8. The minimum atomic E-state index is -0.946. The second-order valence-electron chi connectivity index (χ2n) is 10.8. The van der Waals surface area contributed by atoms with Crippen molar-refractivity contribution in [3.63, 3.8) is 0 Å². The molecule has 0 aliphatic heterocycles. The van der Waals surface area contributed by atoms with E-state index in [4.69, 9.17) is 0 Å². The first kappa shape index (κ1) is 20.1. The van der Waals surface area contributed by atoms with E-state index in [1.165, 1.54) is 57.8 Å². The summed E-state index contributed by atoms with van der Waals surface area (Å²) in [4.78, 5) is 13.0. The van der Waals surface area contributed by atoms with E-state index < -0.39 is 10.8 Å². The van der Waals surface area contributed by atoms with E-state index in [9.17, 15) is 9.00 Å². The van der Waals surface area contributed by atoms with Gasteiger partial charge >= 0.3 is 0 Å². The van der Waals surface area contributed by atoms with Crippen molar-refractivity contribution in [3.05, 3.63) is 0 Å². The van der Waals surface area contributed by atoms with Crippen LogP contribution in [0.3, 0.4) is 0 Å². The van der Waals surface area contributed by atoms with Crippen LogP contribution in [0.15, 0.2) is 0 Å². The first-order chi connectivity index (χ1) is 12.9. The van der Waals surface area contributed by atoms with E-state index in [0.29, 0.717) is 22.7 Å². The molecule has 27 heavy (non-hydrogen) atoms. The highest BCUT2D eigenvalue weighted by molar-refractivity contribution is 7.85. The minimum absolute atomic E-state index is 0.182. The minimum Gasteiger partial charge on any atom is -0.298 e. The lowest BCUT2D eigenvalue weighted by Gasteiger charge is -2.60. The number of ketones is 1. The summed E-state index contributed by atoms with van der Waals surface area (Å²) in [7, 11) is -0.946. The average Bonchev–Trinajstić information content (AvgIpc) is 2.98. The monoisotopic (exact) mass is 392 g/mol. The number of hydrogen-bond donors (Lipinski definition) is 0. The van der Waals surface area contributed by atoms with Crippen molar-refractivity contribution in [3.8, 4) is 0 Å². The fraction of sp³-hybridized carbons (Fsp3) is 0.958. The van der Waals surface area contributed by atoms with Gasteiger partial charge in [0.1, 0.15) is 5.78 Å². The highest BCUT2D eigenvalue weighted by atomic mass is 32.2. The molecular weight excluding hydrogens is 352 g/mol. The van der Waals surface area contributed by atoms with Gasteiger partial charge in [0.15, 0.2) is 0 Å². The number of fused-ring (bicyclic) bond motifs is 5. The average molecular weight is 393 g/mol. The van der Waals surface area contributed by atoms with E-state index >= 15 is 0 Å². The van der Waals surface area contributed by atoms with Gasteiger partial charge in [-0.15, -0.1) is 0 Å². The van der Waals surface area contributed by atoms with Gasteiger partial charge in [0.2, 0.25) is 0 Å². The van der Waals surface area contributed by atoms with Crippen LogP contribution in [0.4, 0.5) is 0 Å². The Labute approximate surface area is 169 Å². The molecule has 0 heterocycles. The number of hydrogen-bond acceptors (Lipinski definition) is 2. The topological polar surface area (TPSA) is 34.1 Å². The molecule has 1 unspecified atom stereocenters. The molecule has 0 aromatic rings. The summed E-state index contributed by atoms with van der Waals surface area (Å²) in [5.74, 6) is 4.96. The molecule has 4 aliphatic rings. The lowest BCUT2D eigenvalue weighted by molar-refractivity contribution is -0.133. The molecule has 4 rings (SSSR count). The van der Waals surface area contributed by atoms with Crippen molar-refractivity contribution in [2.45, 2.75) is 91.4 Å². The van der Waals surface area contributed by atoms with Crippen molar-refractivity contribution < 1.29 is 9.00 Å². The van der Waals surface area contributed by atoms with E-state index in [2.05, 4.69) is 20.8 Å². The van der Waals surface area contributed by atoms with Gasteiger partial charge in [-0.2, -0.15) is 0 Å². The Morgan fingerprint density at radius 2 is 1.70 bits per heavy atom. The zero-order chi connectivity index (χ0) is 19.2. The molecule has 0 spiro atoms. The Kier molecular flexibility index (Phi) is 5.64. The molecule has 4 saturated carbocycles. The summed E-state index contributed by atoms with van der Waals surface area (Å²) in [6.45, 7) is 7.11. The maximum absolute atomic E-state index is 13.0. The van der Waals surface area contributed by atoms with Crippen molar-refractivity contribution in [1.29, 1.82) is 0 Å². The number of carbonyl (C=O) groups excluding carboxylic acids is 1. The van der Waals surface area contributed by atoms with E-state index in [1.807, 2.05) is 0 Å². The molecule has 0 bridgehead atoms. The van der Waals surface area contributed by atoms with Gasteiger partial charge in [-0.05, 0) is 92.3 Å². The number of Topliss-reactive ketones (excluding diaryl/α,β-unsaturated/α-hetero) is 1. The third-order valence-corrected chi connectivity index (χ3v) is 11.2. The molecule has 0 amide bonds. The van der Waals surface area contributed by atoms with Gasteiger partial charge < -0.3 is 0 Å². The molecular formula is C24H40O2S. The Morgan fingerprint density at radius 3 is 2.48 bits per heavy atom. The molecule has 0 aromatic heterocycles. The Bertz CT molecular complexity index is 601. The maximum atomic E-state index is 13.0. The van der Waals surface area contributed by atoms with Crippen LogP contribution in [-0.2, 0) is 15.6 Å². The Morgan fingerprint density at radius 1 is 0.926 bits per heavy atom. The van der Waals surface area contributed by atoms with Crippen LogP contribution < -0.4 is 0 Å². The van der Waals surface area contributed by atoms with Crippen LogP contribution in [0.2, 0.25) is 0 Å². The second kappa shape index (κ2) is 7.58. The van der Waals surface area contributed by atoms with E-state index in [-0.39, 0.29) is 11.3 Å². The summed E-state index contributed by atoms with van der Waals surface area (Å²) in [5, 5.41) is 0. The quantitative estimate of drug-likeness (QED) is 0.596. The summed E-state index contributed by atoms with van der Waals surface area (Å²) in [5.41, 5.74) is 0.764. The van der Waals surface area contributed by atoms with Gasteiger partial charge in [0, 0.05) is 22.5 Å². The summed E-state index contributed by atoms with van der Waals surface area (Å²) in [6, 6.07) is 0. The first-order valence-corrected chi connectivity index (χ1v) is 13.3. The zero-order valence-electron chi connectivity index (χ0n) is 17.8. The normalized spacial score (nSPS) is 47.6. The highest BCUT2D eigenvalue weighted by Gasteiger charge is 2.60. The molecule has 0 N–H and O–H groups in total. The molecule has 0 aromatic carbocycles. The smallest absolute Gasteiger partial charge is 0.148 e. The predicted octanol–water partition coefficient (Wildman–Crippen LogP) is 5.76. The SMILES string of the molecule is CCCS(=O)CC(=O)[C@H]1CC[C@H]2[C@@H]3CC[C@@H]4CCCC[C@]4(C)[C@H]3CC[C@]12C. The summed E-state index contributed by atoms with van der Waals surface area (Å²) in [6.07, 6.45) is 14.4. The molecule has 4 fully saturated rings. The lowest BCUT2D eigenvalue weighted by Crippen LogP contribution is -2.53.